The Hall–Kier alpha value is -4.78. The lowest BCUT2D eigenvalue weighted by molar-refractivity contribution is 0.0660. The molecule has 13 nitrogen and oxygen atoms in total. The quantitative estimate of drug-likeness (QED) is 0.304. The molecule has 2 aliphatic heterocycles. The van der Waals surface area contributed by atoms with E-state index in [4.69, 9.17) is 21.6 Å². The Labute approximate surface area is 261 Å². The summed E-state index contributed by atoms with van der Waals surface area (Å²) >= 11 is 6.42. The van der Waals surface area contributed by atoms with Crippen LogP contribution in [-0.4, -0.2) is 100 Å². The number of carbonyl (C=O) groups excluding carboxylic acids is 3. The molecule has 2 aliphatic rings. The van der Waals surface area contributed by atoms with E-state index in [-0.39, 0.29) is 64.4 Å². The van der Waals surface area contributed by atoms with E-state index in [1.807, 2.05) is 0 Å². The largest absolute Gasteiger partial charge is 0.476 e. The number of carbonyl (C=O) groups is 3. The summed E-state index contributed by atoms with van der Waals surface area (Å²) in [6.07, 6.45) is 0.569. The summed E-state index contributed by atoms with van der Waals surface area (Å²) < 4.78 is 35.4. The number of β-amino-alcohol motifs (C(OH)–C–C–N with tert-alkyl or cyclic N) is 1. The van der Waals surface area contributed by atoms with Crippen molar-refractivity contribution < 1.29 is 33.0 Å². The molecule has 5 rings (SSSR count). The summed E-state index contributed by atoms with van der Waals surface area (Å²) in [5.74, 6) is -4.01. The zero-order valence-corrected chi connectivity index (χ0v) is 24.8. The Morgan fingerprint density at radius 3 is 2.53 bits per heavy atom. The topological polar surface area (TPSA) is 165 Å². The third kappa shape index (κ3) is 6.68. The van der Waals surface area contributed by atoms with Gasteiger partial charge in [0.25, 0.3) is 11.8 Å². The van der Waals surface area contributed by atoms with Crippen LogP contribution in [0.4, 0.5) is 19.3 Å². The number of aromatic nitrogens is 2. The molecular weight excluding hydrogens is 614 g/mol. The van der Waals surface area contributed by atoms with Crippen LogP contribution in [0.3, 0.4) is 0 Å². The van der Waals surface area contributed by atoms with Crippen molar-refractivity contribution in [2.45, 2.75) is 12.1 Å². The van der Waals surface area contributed by atoms with Crippen LogP contribution >= 0.6 is 11.6 Å². The molecule has 0 spiro atoms. The van der Waals surface area contributed by atoms with Gasteiger partial charge in [-0.05, 0) is 30.3 Å². The summed E-state index contributed by atoms with van der Waals surface area (Å²) in [7, 11) is 1.46. The Bertz CT molecular complexity index is 1670. The van der Waals surface area contributed by atoms with Gasteiger partial charge in [-0.2, -0.15) is 9.65 Å². The number of imidazole rings is 1. The molecule has 0 unspecified atom stereocenters. The molecule has 1 aromatic heterocycles. The van der Waals surface area contributed by atoms with E-state index < -0.39 is 36.0 Å². The first-order valence-electron chi connectivity index (χ1n) is 13.9. The summed E-state index contributed by atoms with van der Waals surface area (Å²) in [6.45, 7) is 1.64. The molecule has 2 aromatic carbocycles. The van der Waals surface area contributed by atoms with Gasteiger partial charge in [-0.25, -0.2) is 14.2 Å². The molecule has 3 aromatic rings. The van der Waals surface area contributed by atoms with Gasteiger partial charge in [0.1, 0.15) is 6.07 Å². The fourth-order valence-electron chi connectivity index (χ4n) is 5.12. The fraction of sp³-hybridized carbons (Fsp3) is 0.345. The Morgan fingerprint density at radius 1 is 1.13 bits per heavy atom. The van der Waals surface area contributed by atoms with Gasteiger partial charge in [-0.1, -0.05) is 11.6 Å². The SMILES string of the molecule is Cn1c(-c2ccc(OCC#N)c(F)c2F)cnc1C(=O)Nc1ccc(C(=O)N2CCN(C(=O)N[C@H]3CNC[C@@H]3O)CC2)c(Cl)c1. The van der Waals surface area contributed by atoms with Crippen LogP contribution in [-0.2, 0) is 7.05 Å². The first-order valence-corrected chi connectivity index (χ1v) is 14.3. The number of hydrogen-bond donors (Lipinski definition) is 4. The van der Waals surface area contributed by atoms with Crippen molar-refractivity contribution >= 4 is 35.1 Å². The van der Waals surface area contributed by atoms with Crippen LogP contribution < -0.4 is 20.7 Å². The number of halogens is 3. The number of rotatable bonds is 7. The molecule has 16 heteroatoms. The van der Waals surface area contributed by atoms with Crippen molar-refractivity contribution in [3.63, 3.8) is 0 Å². The summed E-state index contributed by atoms with van der Waals surface area (Å²) in [4.78, 5) is 46.0. The summed E-state index contributed by atoms with van der Waals surface area (Å²) in [6, 6.07) is 7.84. The lowest BCUT2D eigenvalue weighted by Crippen LogP contribution is -2.56. The van der Waals surface area contributed by atoms with E-state index in [1.165, 1.54) is 48.1 Å². The fourth-order valence-corrected chi connectivity index (χ4v) is 5.38. The van der Waals surface area contributed by atoms with Crippen LogP contribution in [0.5, 0.6) is 5.75 Å². The predicted octanol–water partition coefficient (Wildman–Crippen LogP) is 1.97. The molecule has 0 bridgehead atoms. The number of nitrogens with one attached hydrogen (secondary N) is 3. The van der Waals surface area contributed by atoms with Gasteiger partial charge in [0.05, 0.1) is 34.6 Å². The van der Waals surface area contributed by atoms with Crippen LogP contribution in [0.2, 0.25) is 5.02 Å². The minimum absolute atomic E-state index is 0.0949. The molecule has 0 radical (unpaired) electrons. The van der Waals surface area contributed by atoms with E-state index in [1.54, 1.807) is 15.9 Å². The Kier molecular flexibility index (Phi) is 9.47. The minimum Gasteiger partial charge on any atom is -0.476 e. The maximum atomic E-state index is 14.8. The lowest BCUT2D eigenvalue weighted by Gasteiger charge is -2.35. The van der Waals surface area contributed by atoms with Gasteiger partial charge in [0, 0.05) is 57.6 Å². The molecule has 3 heterocycles. The first kappa shape index (κ1) is 31.6. The molecule has 45 heavy (non-hydrogen) atoms. The minimum atomic E-state index is -1.27. The summed E-state index contributed by atoms with van der Waals surface area (Å²) in [5, 5.41) is 27.1. The summed E-state index contributed by atoms with van der Waals surface area (Å²) in [5.41, 5.74) is 0.440. The Balaban J connectivity index is 1.20. The number of piperazine rings is 1. The molecule has 2 fully saturated rings. The van der Waals surface area contributed by atoms with Crippen LogP contribution in [0, 0.1) is 23.0 Å². The predicted molar refractivity (Wildman–Crippen MR) is 158 cm³/mol. The van der Waals surface area contributed by atoms with E-state index >= 15 is 0 Å². The highest BCUT2D eigenvalue weighted by Gasteiger charge is 2.31. The maximum Gasteiger partial charge on any atom is 0.317 e. The van der Waals surface area contributed by atoms with Gasteiger partial charge >= 0.3 is 6.03 Å². The molecule has 4 N–H and O–H groups in total. The third-order valence-electron chi connectivity index (χ3n) is 7.61. The Morgan fingerprint density at radius 2 is 1.87 bits per heavy atom. The van der Waals surface area contributed by atoms with Gasteiger partial charge in [0.15, 0.2) is 24.0 Å². The zero-order chi connectivity index (χ0) is 32.2. The molecule has 2 atom stereocenters. The van der Waals surface area contributed by atoms with Gasteiger partial charge < -0.3 is 40.2 Å². The van der Waals surface area contributed by atoms with Crippen molar-refractivity contribution in [2.75, 3.05) is 51.2 Å². The number of amides is 4. The number of ether oxygens (including phenoxy) is 1. The second kappa shape index (κ2) is 13.5. The highest BCUT2D eigenvalue weighted by atomic mass is 35.5. The first-order chi connectivity index (χ1) is 21.6. The van der Waals surface area contributed by atoms with Crippen molar-refractivity contribution in [1.29, 1.82) is 5.26 Å². The van der Waals surface area contributed by atoms with Crippen molar-refractivity contribution in [3.05, 3.63) is 64.6 Å². The third-order valence-corrected chi connectivity index (χ3v) is 7.92. The van der Waals surface area contributed by atoms with Crippen LogP contribution in [0.25, 0.3) is 11.3 Å². The number of aliphatic hydroxyl groups is 1. The number of urea groups is 1. The van der Waals surface area contributed by atoms with Crippen LogP contribution in [0.15, 0.2) is 36.5 Å². The highest BCUT2D eigenvalue weighted by molar-refractivity contribution is 6.34. The van der Waals surface area contributed by atoms with Crippen molar-refractivity contribution in [3.8, 4) is 23.1 Å². The van der Waals surface area contributed by atoms with Crippen molar-refractivity contribution in [2.24, 2.45) is 7.05 Å². The molecule has 236 valence electrons. The number of nitrogens with zero attached hydrogens (tertiary/aromatic N) is 5. The number of aliphatic hydroxyl groups excluding tert-OH is 1. The lowest BCUT2D eigenvalue weighted by atomic mass is 10.1. The molecule has 0 aliphatic carbocycles. The second-order valence-corrected chi connectivity index (χ2v) is 10.8. The average Bonchev–Trinajstić information content (AvgIpc) is 3.62. The molecule has 2 saturated heterocycles. The molecule has 0 saturated carbocycles. The highest BCUT2D eigenvalue weighted by Crippen LogP contribution is 2.30. The number of hydrogen-bond acceptors (Lipinski definition) is 8. The number of nitriles is 1. The van der Waals surface area contributed by atoms with Crippen LogP contribution in [0.1, 0.15) is 21.0 Å². The van der Waals surface area contributed by atoms with E-state index in [0.29, 0.717) is 26.2 Å². The monoisotopic (exact) mass is 642 g/mol. The zero-order valence-electron chi connectivity index (χ0n) is 24.0. The van der Waals surface area contributed by atoms with E-state index in [9.17, 15) is 28.3 Å². The van der Waals surface area contributed by atoms with Crippen molar-refractivity contribution in [1.82, 2.24) is 30.0 Å². The molecular formula is C29H29ClF2N8O5. The molecule has 4 amide bonds. The van der Waals surface area contributed by atoms with Gasteiger partial charge in [0.2, 0.25) is 5.82 Å². The second-order valence-electron chi connectivity index (χ2n) is 10.4. The van der Waals surface area contributed by atoms with E-state index in [0.717, 1.165) is 0 Å². The average molecular weight is 643 g/mol. The normalized spacial score (nSPS) is 18.0. The van der Waals surface area contributed by atoms with E-state index in [2.05, 4.69) is 20.9 Å². The number of benzene rings is 2. The van der Waals surface area contributed by atoms with Gasteiger partial charge in [-0.3, -0.25) is 9.59 Å². The number of anilines is 1. The maximum absolute atomic E-state index is 14.8. The van der Waals surface area contributed by atoms with Gasteiger partial charge in [-0.15, -0.1) is 0 Å². The standard InChI is InChI=1S/C29H29ClF2N8O5/c1-38-21(18-4-5-23(45-11-6-33)25(32)24(18)31)14-35-26(38)27(42)36-16-2-3-17(19(30)12-16)28(43)39-7-9-40(10-8-39)29(44)37-20-13-34-15-22(20)41/h2-5,12,14,20,22,34,41H,7-11,13,15H2,1H3,(H,36,42)(H,37,44)/t20-,22-/m0/s1. The smallest absolute Gasteiger partial charge is 0.317 e.